The Morgan fingerprint density at radius 1 is 1.46 bits per heavy atom. The molecule has 0 spiro atoms. The molecule has 0 aliphatic carbocycles. The molecule has 0 amide bonds. The van der Waals surface area contributed by atoms with Crippen LogP contribution in [-0.4, -0.2) is 9.55 Å². The first kappa shape index (κ1) is 8.30. The molecule has 2 aliphatic heterocycles. The fraction of sp³-hybridized carbons (Fsp3) is 0.364. The molecule has 0 saturated carbocycles. The zero-order valence-corrected chi connectivity index (χ0v) is 8.12. The molecule has 0 atom stereocenters. The number of hydrogen-bond acceptors (Lipinski definition) is 1. The fourth-order valence-electron chi connectivity index (χ4n) is 1.59. The first-order valence-corrected chi connectivity index (χ1v) is 4.72. The van der Waals surface area contributed by atoms with Crippen LogP contribution in [0.2, 0.25) is 0 Å². The van der Waals surface area contributed by atoms with Crippen molar-refractivity contribution >= 4 is 0 Å². The second-order valence-electron chi connectivity index (χ2n) is 3.42. The second-order valence-corrected chi connectivity index (χ2v) is 3.42. The largest absolute Gasteiger partial charge is 0.352 e. The predicted octanol–water partition coefficient (Wildman–Crippen LogP) is 2.71. The van der Waals surface area contributed by atoms with Gasteiger partial charge in [-0.2, -0.15) is 0 Å². The number of fused-ring (bicyclic) bond motifs is 1. The van der Waals surface area contributed by atoms with Gasteiger partial charge in [-0.15, -0.1) is 0 Å². The molecular formula is C11H14N2. The lowest BCUT2D eigenvalue weighted by Crippen LogP contribution is -1.97. The molecule has 2 heteroatoms. The molecule has 2 heterocycles. The van der Waals surface area contributed by atoms with Crippen LogP contribution in [0.1, 0.15) is 18.9 Å². The Balaban J connectivity index is 2.45. The third kappa shape index (κ3) is 1.44. The molecule has 0 saturated heterocycles. The Labute approximate surface area is 78.6 Å². The Hall–Kier alpha value is -1.31. The summed E-state index contributed by atoms with van der Waals surface area (Å²) in [5.41, 5.74) is 3.64. The number of pyridine rings is 1. The Bertz CT molecular complexity index is 376. The maximum absolute atomic E-state index is 4.34. The van der Waals surface area contributed by atoms with Crippen LogP contribution in [0.25, 0.3) is 11.3 Å². The van der Waals surface area contributed by atoms with Crippen molar-refractivity contribution in [3.8, 4) is 11.3 Å². The molecule has 0 aromatic heterocycles. The lowest BCUT2D eigenvalue weighted by molar-refractivity contribution is 0.674. The Morgan fingerprint density at radius 2 is 2.31 bits per heavy atom. The summed E-state index contributed by atoms with van der Waals surface area (Å²) in [5.74, 6) is 0. The highest BCUT2D eigenvalue weighted by Crippen LogP contribution is 2.23. The topological polar surface area (TPSA) is 17.8 Å². The number of aryl methyl sites for hydroxylation is 2. The lowest BCUT2D eigenvalue weighted by atomic mass is 10.1. The first-order chi connectivity index (χ1) is 6.31. The van der Waals surface area contributed by atoms with Gasteiger partial charge in [0.1, 0.15) is 0 Å². The molecule has 0 bridgehead atoms. The van der Waals surface area contributed by atoms with Crippen molar-refractivity contribution in [1.82, 2.24) is 9.55 Å². The first-order valence-electron chi connectivity index (χ1n) is 4.72. The third-order valence-electron chi connectivity index (χ3n) is 2.30. The number of nitrogens with zero attached hydrogens (tertiary/aromatic N) is 2. The highest BCUT2D eigenvalue weighted by atomic mass is 14.9. The fourth-order valence-corrected chi connectivity index (χ4v) is 1.59. The quantitative estimate of drug-likeness (QED) is 0.684. The van der Waals surface area contributed by atoms with Gasteiger partial charge in [0.05, 0.1) is 5.69 Å². The van der Waals surface area contributed by atoms with E-state index in [-0.39, 0.29) is 0 Å². The van der Waals surface area contributed by atoms with Crippen molar-refractivity contribution < 1.29 is 0 Å². The van der Waals surface area contributed by atoms with Crippen LogP contribution < -0.4 is 0 Å². The van der Waals surface area contributed by atoms with E-state index in [1.165, 1.54) is 11.1 Å². The summed E-state index contributed by atoms with van der Waals surface area (Å²) < 4.78 is 2.19. The SMILES string of the molecule is CCCn1ccc2c(C)cnc-2c1. The number of hydrogen-bond donors (Lipinski definition) is 0. The van der Waals surface area contributed by atoms with Crippen molar-refractivity contribution in [1.29, 1.82) is 0 Å². The average molecular weight is 174 g/mol. The van der Waals surface area contributed by atoms with E-state index >= 15 is 0 Å². The van der Waals surface area contributed by atoms with E-state index < -0.39 is 0 Å². The monoisotopic (exact) mass is 174 g/mol. The maximum Gasteiger partial charge on any atom is 0.0867 e. The molecular weight excluding hydrogens is 160 g/mol. The lowest BCUT2D eigenvalue weighted by Gasteiger charge is -2.06. The molecule has 0 radical (unpaired) electrons. The molecule has 0 fully saturated rings. The van der Waals surface area contributed by atoms with Gasteiger partial charge in [-0.1, -0.05) is 6.92 Å². The van der Waals surface area contributed by atoms with Crippen LogP contribution in [0.4, 0.5) is 0 Å². The van der Waals surface area contributed by atoms with E-state index in [0.29, 0.717) is 0 Å². The van der Waals surface area contributed by atoms with Crippen LogP contribution >= 0.6 is 0 Å². The molecule has 2 aliphatic rings. The summed E-state index contributed by atoms with van der Waals surface area (Å²) in [5, 5.41) is 0. The Kier molecular flexibility index (Phi) is 2.05. The number of rotatable bonds is 2. The van der Waals surface area contributed by atoms with Gasteiger partial charge in [0.25, 0.3) is 0 Å². The average Bonchev–Trinajstić information content (AvgIpc) is 2.48. The van der Waals surface area contributed by atoms with Gasteiger partial charge in [0, 0.05) is 30.7 Å². The minimum Gasteiger partial charge on any atom is -0.352 e. The standard InChI is InChI=1S/C11H14N2/c1-3-5-13-6-4-10-9(2)7-12-11(10)8-13/h4,6-8H,3,5H2,1-2H3. The second kappa shape index (κ2) is 3.21. The van der Waals surface area contributed by atoms with Crippen molar-refractivity contribution in [2.24, 2.45) is 0 Å². The molecule has 13 heavy (non-hydrogen) atoms. The van der Waals surface area contributed by atoms with Crippen LogP contribution in [0, 0.1) is 6.92 Å². The zero-order chi connectivity index (χ0) is 9.26. The van der Waals surface area contributed by atoms with E-state index in [1.54, 1.807) is 0 Å². The van der Waals surface area contributed by atoms with Crippen molar-refractivity contribution in [3.05, 3.63) is 30.2 Å². The number of aromatic nitrogens is 2. The van der Waals surface area contributed by atoms with Gasteiger partial charge in [-0.25, -0.2) is 0 Å². The van der Waals surface area contributed by atoms with Gasteiger partial charge in [-0.3, -0.25) is 4.98 Å². The van der Waals surface area contributed by atoms with Crippen LogP contribution in [0.5, 0.6) is 0 Å². The van der Waals surface area contributed by atoms with E-state index in [1.807, 2.05) is 6.20 Å². The van der Waals surface area contributed by atoms with Gasteiger partial charge in [-0.05, 0) is 25.0 Å². The summed E-state index contributed by atoms with van der Waals surface area (Å²) in [7, 11) is 0. The summed E-state index contributed by atoms with van der Waals surface area (Å²) in [6.45, 7) is 5.35. The van der Waals surface area contributed by atoms with Crippen molar-refractivity contribution in [2.45, 2.75) is 26.8 Å². The van der Waals surface area contributed by atoms with Gasteiger partial charge in [0.15, 0.2) is 0 Å². The smallest absolute Gasteiger partial charge is 0.0867 e. The minimum atomic E-state index is 1.07. The Morgan fingerprint density at radius 3 is 3.08 bits per heavy atom. The molecule has 0 aromatic rings. The highest BCUT2D eigenvalue weighted by molar-refractivity contribution is 5.64. The molecule has 2 nitrogen and oxygen atoms in total. The predicted molar refractivity (Wildman–Crippen MR) is 53.9 cm³/mol. The minimum absolute atomic E-state index is 1.07. The molecule has 0 N–H and O–H groups in total. The van der Waals surface area contributed by atoms with Crippen molar-refractivity contribution in [2.75, 3.05) is 0 Å². The summed E-state index contributed by atoms with van der Waals surface area (Å²) >= 11 is 0. The molecule has 0 unspecified atom stereocenters. The van der Waals surface area contributed by atoms with Gasteiger partial charge < -0.3 is 4.57 Å². The molecule has 68 valence electrons. The highest BCUT2D eigenvalue weighted by Gasteiger charge is 2.06. The summed E-state index contributed by atoms with van der Waals surface area (Å²) in [6.07, 6.45) is 7.34. The van der Waals surface area contributed by atoms with Gasteiger partial charge in [0.2, 0.25) is 0 Å². The summed E-state index contributed by atoms with van der Waals surface area (Å²) in [4.78, 5) is 4.34. The van der Waals surface area contributed by atoms with Crippen LogP contribution in [0.15, 0.2) is 24.7 Å². The molecule has 0 aromatic carbocycles. The maximum atomic E-state index is 4.34. The van der Waals surface area contributed by atoms with Gasteiger partial charge >= 0.3 is 0 Å². The molecule has 2 rings (SSSR count). The normalized spacial score (nSPS) is 10.9. The van der Waals surface area contributed by atoms with E-state index in [2.05, 4.69) is 41.9 Å². The van der Waals surface area contributed by atoms with E-state index in [4.69, 9.17) is 0 Å². The van der Waals surface area contributed by atoms with Crippen LogP contribution in [-0.2, 0) is 6.54 Å². The van der Waals surface area contributed by atoms with Crippen molar-refractivity contribution in [3.63, 3.8) is 0 Å². The third-order valence-corrected chi connectivity index (χ3v) is 2.30. The van der Waals surface area contributed by atoms with Crippen LogP contribution in [0.3, 0.4) is 0 Å². The van der Waals surface area contributed by atoms with E-state index in [9.17, 15) is 0 Å². The van der Waals surface area contributed by atoms with E-state index in [0.717, 1.165) is 18.7 Å². The zero-order valence-electron chi connectivity index (χ0n) is 8.12. The summed E-state index contributed by atoms with van der Waals surface area (Å²) in [6, 6.07) is 2.15.